The number of aromatic nitrogens is 2. The van der Waals surface area contributed by atoms with E-state index in [1.54, 1.807) is 18.3 Å². The van der Waals surface area contributed by atoms with Crippen molar-refractivity contribution in [2.75, 3.05) is 41.8 Å². The molecular weight excluding hydrogens is 409 g/mol. The van der Waals surface area contributed by atoms with Crippen LogP contribution in [0.15, 0.2) is 60.8 Å². The first kappa shape index (κ1) is 20.4. The van der Waals surface area contributed by atoms with Crippen LogP contribution in [-0.2, 0) is 14.9 Å². The van der Waals surface area contributed by atoms with Gasteiger partial charge in [0.1, 0.15) is 5.82 Å². The lowest BCUT2D eigenvalue weighted by molar-refractivity contribution is -0.118. The number of morpholine rings is 1. The van der Waals surface area contributed by atoms with Crippen LogP contribution in [-0.4, -0.2) is 42.4 Å². The molecule has 0 unspecified atom stereocenters. The Morgan fingerprint density at radius 2 is 1.69 bits per heavy atom. The van der Waals surface area contributed by atoms with Crippen LogP contribution in [0.3, 0.4) is 0 Å². The fourth-order valence-electron chi connectivity index (χ4n) is 3.99. The number of carbonyl (C=O) groups is 1. The standard InChI is InChI=1S/C24H24FN5O2/c25-18-3-1-17(2-4-18)24(9-10-24)23(31)28-20-7-5-19(6-8-20)27-22-15-21(16-26-29-22)30-11-13-32-14-12-30/h1-8,15-16H,9-14H2,(H,27,29)(H,28,31). The van der Waals surface area contributed by atoms with E-state index in [0.29, 0.717) is 24.7 Å². The molecule has 32 heavy (non-hydrogen) atoms. The van der Waals surface area contributed by atoms with Crippen LogP contribution in [0.1, 0.15) is 18.4 Å². The monoisotopic (exact) mass is 433 g/mol. The number of anilines is 4. The molecule has 1 aromatic heterocycles. The third-order valence-corrected chi connectivity index (χ3v) is 6.01. The Morgan fingerprint density at radius 1 is 1.00 bits per heavy atom. The smallest absolute Gasteiger partial charge is 0.235 e. The van der Waals surface area contributed by atoms with Crippen molar-refractivity contribution in [3.05, 3.63) is 72.2 Å². The Balaban J connectivity index is 1.23. The van der Waals surface area contributed by atoms with Crippen molar-refractivity contribution in [3.8, 4) is 0 Å². The van der Waals surface area contributed by atoms with Crippen LogP contribution in [0, 0.1) is 5.82 Å². The fraction of sp³-hybridized carbons (Fsp3) is 0.292. The third-order valence-electron chi connectivity index (χ3n) is 6.01. The van der Waals surface area contributed by atoms with E-state index in [1.807, 2.05) is 30.3 Å². The lowest BCUT2D eigenvalue weighted by Gasteiger charge is -2.28. The number of nitrogens with zero attached hydrogens (tertiary/aromatic N) is 3. The van der Waals surface area contributed by atoms with Crippen molar-refractivity contribution in [1.82, 2.24) is 10.2 Å². The van der Waals surface area contributed by atoms with Crippen LogP contribution in [0.25, 0.3) is 0 Å². The molecule has 1 saturated heterocycles. The number of halogens is 1. The van der Waals surface area contributed by atoms with E-state index in [0.717, 1.165) is 42.9 Å². The van der Waals surface area contributed by atoms with Gasteiger partial charge in [-0.3, -0.25) is 4.79 Å². The van der Waals surface area contributed by atoms with Gasteiger partial charge in [0.05, 0.1) is 30.5 Å². The minimum Gasteiger partial charge on any atom is -0.378 e. The van der Waals surface area contributed by atoms with Gasteiger partial charge in [0.25, 0.3) is 0 Å². The maximum absolute atomic E-state index is 13.2. The number of nitrogens with one attached hydrogen (secondary N) is 2. The third kappa shape index (κ3) is 4.27. The van der Waals surface area contributed by atoms with Crippen LogP contribution < -0.4 is 15.5 Å². The minimum absolute atomic E-state index is 0.0612. The van der Waals surface area contributed by atoms with Crippen molar-refractivity contribution < 1.29 is 13.9 Å². The average molecular weight is 433 g/mol. The van der Waals surface area contributed by atoms with Crippen molar-refractivity contribution in [1.29, 1.82) is 0 Å². The van der Waals surface area contributed by atoms with Gasteiger partial charge in [-0.05, 0) is 54.8 Å². The van der Waals surface area contributed by atoms with E-state index in [4.69, 9.17) is 4.74 Å². The van der Waals surface area contributed by atoms with Gasteiger partial charge in [0.15, 0.2) is 5.82 Å². The maximum atomic E-state index is 13.2. The van der Waals surface area contributed by atoms with Gasteiger partial charge in [-0.15, -0.1) is 5.10 Å². The number of hydrogen-bond acceptors (Lipinski definition) is 6. The summed E-state index contributed by atoms with van der Waals surface area (Å²) in [7, 11) is 0. The summed E-state index contributed by atoms with van der Waals surface area (Å²) in [6.07, 6.45) is 3.29. The lowest BCUT2D eigenvalue weighted by Crippen LogP contribution is -2.36. The Labute approximate surface area is 185 Å². The zero-order valence-electron chi connectivity index (χ0n) is 17.6. The molecule has 0 spiro atoms. The second-order valence-electron chi connectivity index (χ2n) is 8.14. The summed E-state index contributed by atoms with van der Waals surface area (Å²) in [5.74, 6) is 0.293. The summed E-state index contributed by atoms with van der Waals surface area (Å²) in [5, 5.41) is 14.5. The molecule has 2 fully saturated rings. The number of ether oxygens (including phenoxy) is 1. The van der Waals surface area contributed by atoms with Crippen LogP contribution in [0.2, 0.25) is 0 Å². The Morgan fingerprint density at radius 3 is 2.38 bits per heavy atom. The van der Waals surface area contributed by atoms with E-state index in [2.05, 4.69) is 25.7 Å². The van der Waals surface area contributed by atoms with Gasteiger partial charge in [0.2, 0.25) is 5.91 Å². The largest absolute Gasteiger partial charge is 0.378 e. The molecule has 0 radical (unpaired) electrons. The van der Waals surface area contributed by atoms with Crippen LogP contribution >= 0.6 is 0 Å². The quantitative estimate of drug-likeness (QED) is 0.615. The molecule has 2 N–H and O–H groups in total. The highest BCUT2D eigenvalue weighted by Gasteiger charge is 2.51. The molecule has 8 heteroatoms. The average Bonchev–Trinajstić information content (AvgIpc) is 3.64. The summed E-state index contributed by atoms with van der Waals surface area (Å²) in [6, 6.07) is 15.6. The second kappa shape index (κ2) is 8.55. The molecule has 3 aromatic rings. The van der Waals surface area contributed by atoms with Gasteiger partial charge in [-0.1, -0.05) is 12.1 Å². The van der Waals surface area contributed by atoms with E-state index < -0.39 is 5.41 Å². The van der Waals surface area contributed by atoms with Crippen molar-refractivity contribution in [3.63, 3.8) is 0 Å². The van der Waals surface area contributed by atoms with Crippen molar-refractivity contribution in [2.45, 2.75) is 18.3 Å². The molecule has 5 rings (SSSR count). The highest BCUT2D eigenvalue weighted by atomic mass is 19.1. The highest BCUT2D eigenvalue weighted by Crippen LogP contribution is 2.49. The van der Waals surface area contributed by atoms with E-state index in [1.165, 1.54) is 12.1 Å². The SMILES string of the molecule is O=C(Nc1ccc(Nc2cc(N3CCOCC3)cnn2)cc1)C1(c2ccc(F)cc2)CC1. The molecular formula is C24H24FN5O2. The predicted octanol–water partition coefficient (Wildman–Crippen LogP) is 3.87. The first-order chi connectivity index (χ1) is 15.6. The normalized spacial score (nSPS) is 17.0. The number of carbonyl (C=O) groups excluding carboxylic acids is 1. The van der Waals surface area contributed by atoms with Gasteiger partial charge in [0, 0.05) is 30.5 Å². The van der Waals surface area contributed by atoms with E-state index in [9.17, 15) is 9.18 Å². The zero-order chi connectivity index (χ0) is 22.0. The molecule has 1 aliphatic carbocycles. The first-order valence-corrected chi connectivity index (χ1v) is 10.7. The molecule has 7 nitrogen and oxygen atoms in total. The molecule has 0 bridgehead atoms. The summed E-state index contributed by atoms with van der Waals surface area (Å²) in [4.78, 5) is 15.1. The molecule has 0 atom stereocenters. The number of rotatable bonds is 6. The molecule has 1 saturated carbocycles. The minimum atomic E-state index is -0.555. The molecule has 2 heterocycles. The van der Waals surface area contributed by atoms with Gasteiger partial charge < -0.3 is 20.3 Å². The zero-order valence-corrected chi connectivity index (χ0v) is 17.6. The van der Waals surface area contributed by atoms with Gasteiger partial charge in [-0.2, -0.15) is 5.10 Å². The van der Waals surface area contributed by atoms with Crippen LogP contribution in [0.4, 0.5) is 27.3 Å². The van der Waals surface area contributed by atoms with Crippen LogP contribution in [0.5, 0.6) is 0 Å². The van der Waals surface area contributed by atoms with Crippen molar-refractivity contribution in [2.24, 2.45) is 0 Å². The molecule has 2 aromatic carbocycles. The van der Waals surface area contributed by atoms with Gasteiger partial charge >= 0.3 is 0 Å². The Bertz CT molecular complexity index is 1090. The predicted molar refractivity (Wildman–Crippen MR) is 121 cm³/mol. The van der Waals surface area contributed by atoms with Gasteiger partial charge in [-0.25, -0.2) is 4.39 Å². The molecule has 164 valence electrons. The second-order valence-corrected chi connectivity index (χ2v) is 8.14. The molecule has 1 amide bonds. The van der Waals surface area contributed by atoms with Crippen molar-refractivity contribution >= 4 is 28.8 Å². The number of amides is 1. The van der Waals surface area contributed by atoms with E-state index >= 15 is 0 Å². The summed E-state index contributed by atoms with van der Waals surface area (Å²) in [6.45, 7) is 3.08. The topological polar surface area (TPSA) is 79.4 Å². The molecule has 1 aliphatic heterocycles. The van der Waals surface area contributed by atoms with E-state index in [-0.39, 0.29) is 11.7 Å². The molecule has 2 aliphatic rings. The maximum Gasteiger partial charge on any atom is 0.235 e. The summed E-state index contributed by atoms with van der Waals surface area (Å²) in [5.41, 5.74) is 2.86. The highest BCUT2D eigenvalue weighted by molar-refractivity contribution is 6.01. The summed E-state index contributed by atoms with van der Waals surface area (Å²) < 4.78 is 18.6. The number of hydrogen-bond donors (Lipinski definition) is 2. The first-order valence-electron chi connectivity index (χ1n) is 10.7. The Hall–Kier alpha value is -3.52. The fourth-order valence-corrected chi connectivity index (χ4v) is 3.99. The Kier molecular flexibility index (Phi) is 5.45. The summed E-state index contributed by atoms with van der Waals surface area (Å²) >= 11 is 0. The number of benzene rings is 2. The lowest BCUT2D eigenvalue weighted by atomic mass is 9.95.